The second kappa shape index (κ2) is 6.15. The van der Waals surface area contributed by atoms with E-state index in [1.54, 1.807) is 5.57 Å². The summed E-state index contributed by atoms with van der Waals surface area (Å²) in [6.45, 7) is 10.8. The van der Waals surface area contributed by atoms with Crippen LogP contribution in [0.2, 0.25) is 0 Å². The third-order valence-corrected chi connectivity index (χ3v) is 3.76. The van der Waals surface area contributed by atoms with Crippen LogP contribution < -0.4 is 0 Å². The standard InChI is InChI=1S/C15H26/c1-5-12(3)7-10-15(13(4)6-2)11-14-8-9-14/h6,14-15H,3,5,7-11H2,1-2,4H3. The van der Waals surface area contributed by atoms with Crippen LogP contribution in [0.5, 0.6) is 0 Å². The van der Waals surface area contributed by atoms with Crippen molar-refractivity contribution in [1.82, 2.24) is 0 Å². The van der Waals surface area contributed by atoms with Crippen molar-refractivity contribution in [1.29, 1.82) is 0 Å². The molecule has 1 rings (SSSR count). The lowest BCUT2D eigenvalue weighted by Crippen LogP contribution is -2.04. The molecule has 0 heteroatoms. The molecule has 0 saturated heterocycles. The summed E-state index contributed by atoms with van der Waals surface area (Å²) >= 11 is 0. The molecule has 0 N–H and O–H groups in total. The largest absolute Gasteiger partial charge is 0.0999 e. The molecular weight excluding hydrogens is 180 g/mol. The van der Waals surface area contributed by atoms with Gasteiger partial charge in [-0.15, -0.1) is 0 Å². The first-order valence-corrected chi connectivity index (χ1v) is 6.46. The molecular formula is C15H26. The number of hydrogen-bond donors (Lipinski definition) is 0. The first-order chi connectivity index (χ1) is 7.17. The fraction of sp³-hybridized carbons (Fsp3) is 0.733. The third kappa shape index (κ3) is 4.68. The van der Waals surface area contributed by atoms with Gasteiger partial charge in [-0.25, -0.2) is 0 Å². The molecule has 0 heterocycles. The molecule has 0 radical (unpaired) electrons. The molecule has 0 spiro atoms. The van der Waals surface area contributed by atoms with Gasteiger partial charge in [0.05, 0.1) is 0 Å². The Kier molecular flexibility index (Phi) is 5.14. The maximum absolute atomic E-state index is 4.11. The van der Waals surface area contributed by atoms with Crippen LogP contribution in [0.3, 0.4) is 0 Å². The molecule has 0 aromatic heterocycles. The molecule has 0 bridgehead atoms. The molecule has 1 saturated carbocycles. The Morgan fingerprint density at radius 3 is 2.60 bits per heavy atom. The molecule has 1 atom stereocenters. The van der Waals surface area contributed by atoms with Gasteiger partial charge >= 0.3 is 0 Å². The van der Waals surface area contributed by atoms with Crippen LogP contribution in [0.15, 0.2) is 23.8 Å². The van der Waals surface area contributed by atoms with Crippen LogP contribution in [0, 0.1) is 11.8 Å². The summed E-state index contributed by atoms with van der Waals surface area (Å²) in [6.07, 6.45) is 10.4. The smallest absolute Gasteiger partial charge is 0.0200 e. The van der Waals surface area contributed by atoms with E-state index in [0.717, 1.165) is 18.3 Å². The summed E-state index contributed by atoms with van der Waals surface area (Å²) in [5.41, 5.74) is 3.01. The second-order valence-corrected chi connectivity index (χ2v) is 5.05. The molecule has 15 heavy (non-hydrogen) atoms. The van der Waals surface area contributed by atoms with Gasteiger partial charge < -0.3 is 0 Å². The van der Waals surface area contributed by atoms with Crippen LogP contribution in [0.25, 0.3) is 0 Å². The summed E-state index contributed by atoms with van der Waals surface area (Å²) in [7, 11) is 0. The number of rotatable bonds is 7. The molecule has 86 valence electrons. The minimum Gasteiger partial charge on any atom is -0.0999 e. The van der Waals surface area contributed by atoms with Gasteiger partial charge in [-0.05, 0) is 51.4 Å². The van der Waals surface area contributed by atoms with Crippen LogP contribution in [-0.2, 0) is 0 Å². The molecule has 0 nitrogen and oxygen atoms in total. The van der Waals surface area contributed by atoms with E-state index in [0.29, 0.717) is 0 Å². The highest BCUT2D eigenvalue weighted by molar-refractivity contribution is 5.05. The van der Waals surface area contributed by atoms with Crippen molar-refractivity contribution in [2.45, 2.75) is 59.3 Å². The number of allylic oxidation sites excluding steroid dienone is 3. The van der Waals surface area contributed by atoms with E-state index < -0.39 is 0 Å². The number of hydrogen-bond acceptors (Lipinski definition) is 0. The van der Waals surface area contributed by atoms with Crippen molar-refractivity contribution in [3.8, 4) is 0 Å². The van der Waals surface area contributed by atoms with E-state index in [-0.39, 0.29) is 0 Å². The van der Waals surface area contributed by atoms with Crippen molar-refractivity contribution in [2.75, 3.05) is 0 Å². The summed E-state index contributed by atoms with van der Waals surface area (Å²) in [5.74, 6) is 1.87. The molecule has 0 aromatic carbocycles. The van der Waals surface area contributed by atoms with Gasteiger partial charge in [0.25, 0.3) is 0 Å². The average molecular weight is 206 g/mol. The Labute approximate surface area is 95.5 Å². The normalized spacial score (nSPS) is 19.0. The van der Waals surface area contributed by atoms with E-state index >= 15 is 0 Å². The molecule has 0 aromatic rings. The van der Waals surface area contributed by atoms with Gasteiger partial charge in [-0.3, -0.25) is 0 Å². The average Bonchev–Trinajstić information content (AvgIpc) is 3.06. The summed E-state index contributed by atoms with van der Waals surface area (Å²) in [5, 5.41) is 0. The molecule has 1 aliphatic carbocycles. The molecule has 1 unspecified atom stereocenters. The lowest BCUT2D eigenvalue weighted by molar-refractivity contribution is 0.482. The zero-order chi connectivity index (χ0) is 11.3. The summed E-state index contributed by atoms with van der Waals surface area (Å²) in [6, 6.07) is 0. The first-order valence-electron chi connectivity index (χ1n) is 6.46. The van der Waals surface area contributed by atoms with Crippen molar-refractivity contribution in [2.24, 2.45) is 11.8 Å². The Morgan fingerprint density at radius 2 is 2.13 bits per heavy atom. The monoisotopic (exact) mass is 206 g/mol. The van der Waals surface area contributed by atoms with Gasteiger partial charge in [0.2, 0.25) is 0 Å². The van der Waals surface area contributed by atoms with Crippen molar-refractivity contribution in [3.63, 3.8) is 0 Å². The SMILES string of the molecule is C=C(CC)CCC(CC1CC1)C(C)=CC. The minimum atomic E-state index is 0.825. The Hall–Kier alpha value is -0.520. The van der Waals surface area contributed by atoms with Crippen LogP contribution in [0.4, 0.5) is 0 Å². The lowest BCUT2D eigenvalue weighted by Gasteiger charge is -2.18. The van der Waals surface area contributed by atoms with Gasteiger partial charge in [-0.1, -0.05) is 43.6 Å². The van der Waals surface area contributed by atoms with E-state index in [2.05, 4.69) is 33.4 Å². The maximum atomic E-state index is 4.11. The van der Waals surface area contributed by atoms with Crippen molar-refractivity contribution in [3.05, 3.63) is 23.8 Å². The van der Waals surface area contributed by atoms with Gasteiger partial charge in [0, 0.05) is 0 Å². The predicted octanol–water partition coefficient (Wildman–Crippen LogP) is 5.12. The zero-order valence-corrected chi connectivity index (χ0v) is 10.7. The molecule has 1 aliphatic rings. The molecule has 0 aliphatic heterocycles. The third-order valence-electron chi connectivity index (χ3n) is 3.76. The zero-order valence-electron chi connectivity index (χ0n) is 10.7. The van der Waals surface area contributed by atoms with E-state index in [1.165, 1.54) is 37.7 Å². The fourth-order valence-corrected chi connectivity index (χ4v) is 2.08. The van der Waals surface area contributed by atoms with Crippen LogP contribution >= 0.6 is 0 Å². The quantitative estimate of drug-likeness (QED) is 0.507. The highest BCUT2D eigenvalue weighted by Crippen LogP contribution is 2.39. The van der Waals surface area contributed by atoms with Gasteiger partial charge in [0.15, 0.2) is 0 Å². The first kappa shape index (κ1) is 12.5. The minimum absolute atomic E-state index is 0.825. The van der Waals surface area contributed by atoms with Crippen LogP contribution in [-0.4, -0.2) is 0 Å². The Morgan fingerprint density at radius 1 is 1.47 bits per heavy atom. The van der Waals surface area contributed by atoms with Gasteiger partial charge in [-0.2, -0.15) is 0 Å². The maximum Gasteiger partial charge on any atom is -0.0200 e. The van der Waals surface area contributed by atoms with E-state index in [1.807, 2.05) is 0 Å². The van der Waals surface area contributed by atoms with E-state index in [4.69, 9.17) is 0 Å². The van der Waals surface area contributed by atoms with Gasteiger partial charge in [0.1, 0.15) is 0 Å². The Bertz CT molecular complexity index is 230. The summed E-state index contributed by atoms with van der Waals surface area (Å²) in [4.78, 5) is 0. The predicted molar refractivity (Wildman–Crippen MR) is 68.9 cm³/mol. The highest BCUT2D eigenvalue weighted by atomic mass is 14.3. The topological polar surface area (TPSA) is 0 Å². The van der Waals surface area contributed by atoms with Crippen molar-refractivity contribution < 1.29 is 0 Å². The summed E-state index contributed by atoms with van der Waals surface area (Å²) < 4.78 is 0. The lowest BCUT2D eigenvalue weighted by atomic mass is 9.88. The van der Waals surface area contributed by atoms with E-state index in [9.17, 15) is 0 Å². The van der Waals surface area contributed by atoms with Crippen molar-refractivity contribution >= 4 is 0 Å². The van der Waals surface area contributed by atoms with Crippen LogP contribution in [0.1, 0.15) is 59.3 Å². The molecule has 0 amide bonds. The molecule has 1 fully saturated rings. The highest BCUT2D eigenvalue weighted by Gasteiger charge is 2.25. The second-order valence-electron chi connectivity index (χ2n) is 5.05. The fourth-order valence-electron chi connectivity index (χ4n) is 2.08. The Balaban J connectivity index is 2.37.